The molecule has 5 rings (SSSR count). The molecule has 2 unspecified atom stereocenters. The van der Waals surface area contributed by atoms with Gasteiger partial charge in [-0.3, -0.25) is 9.69 Å². The van der Waals surface area contributed by atoms with Gasteiger partial charge >= 0.3 is 0 Å². The monoisotopic (exact) mass is 317 g/mol. The number of Topliss-reactive ketones (excluding diaryl/α,β-unsaturated/α-hetero) is 1. The predicted molar refractivity (Wildman–Crippen MR) is 90.4 cm³/mol. The van der Waals surface area contributed by atoms with Crippen molar-refractivity contribution in [2.45, 2.75) is 12.1 Å². The second-order valence-electron chi connectivity index (χ2n) is 6.49. The molecule has 4 heteroatoms. The van der Waals surface area contributed by atoms with Gasteiger partial charge < -0.3 is 10.2 Å². The molecule has 0 radical (unpaired) electrons. The molecule has 0 saturated carbocycles. The molecule has 3 aromatic rings. The summed E-state index contributed by atoms with van der Waals surface area (Å²) in [5.74, 6) is 0.217. The number of carbonyl (C=O) groups is 1. The third-order valence-electron chi connectivity index (χ3n) is 5.37. The lowest BCUT2D eigenvalue weighted by Crippen LogP contribution is -2.34. The molecule has 2 atom stereocenters. The first-order valence-electron chi connectivity index (χ1n) is 7.92. The summed E-state index contributed by atoms with van der Waals surface area (Å²) in [7, 11) is 1.87. The van der Waals surface area contributed by atoms with E-state index < -0.39 is 6.04 Å². The van der Waals surface area contributed by atoms with Crippen LogP contribution in [0.15, 0.2) is 48.5 Å². The van der Waals surface area contributed by atoms with E-state index in [1.54, 1.807) is 12.1 Å². The molecule has 0 spiro atoms. The molecule has 0 aromatic heterocycles. The van der Waals surface area contributed by atoms with Gasteiger partial charge in [0.05, 0.1) is 6.04 Å². The first kappa shape index (κ1) is 13.6. The van der Waals surface area contributed by atoms with Crippen molar-refractivity contribution < 1.29 is 15.0 Å². The molecule has 118 valence electrons. The molecule has 2 aliphatic rings. The summed E-state index contributed by atoms with van der Waals surface area (Å²) in [5, 5.41) is 23.0. The Kier molecular flexibility index (Phi) is 2.47. The average molecular weight is 317 g/mol. The van der Waals surface area contributed by atoms with E-state index >= 15 is 0 Å². The Hall–Kier alpha value is -2.85. The van der Waals surface area contributed by atoms with Gasteiger partial charge in [0.15, 0.2) is 5.78 Å². The first-order valence-corrected chi connectivity index (χ1v) is 7.92. The number of hydrogen-bond acceptors (Lipinski definition) is 4. The van der Waals surface area contributed by atoms with Gasteiger partial charge in [-0.25, -0.2) is 0 Å². The molecule has 0 fully saturated rings. The lowest BCUT2D eigenvalue weighted by molar-refractivity contribution is 0.0814. The Morgan fingerprint density at radius 3 is 2.04 bits per heavy atom. The highest BCUT2D eigenvalue weighted by molar-refractivity contribution is 6.08. The smallest absolute Gasteiger partial charge is 0.185 e. The van der Waals surface area contributed by atoms with E-state index in [2.05, 4.69) is 0 Å². The van der Waals surface area contributed by atoms with Crippen molar-refractivity contribution in [1.29, 1.82) is 0 Å². The van der Waals surface area contributed by atoms with Gasteiger partial charge in [0.2, 0.25) is 0 Å². The summed E-state index contributed by atoms with van der Waals surface area (Å²) in [6.07, 6.45) is 0. The molecule has 3 aromatic carbocycles. The second-order valence-corrected chi connectivity index (χ2v) is 6.49. The number of benzene rings is 3. The molecule has 2 heterocycles. The number of aromatic hydroxyl groups is 2. The number of ketones is 1. The molecular weight excluding hydrogens is 302 g/mol. The van der Waals surface area contributed by atoms with Gasteiger partial charge in [-0.05, 0) is 12.6 Å². The zero-order valence-corrected chi connectivity index (χ0v) is 13.0. The average Bonchev–Trinajstić information content (AvgIpc) is 2.85. The van der Waals surface area contributed by atoms with Crippen molar-refractivity contribution in [2.75, 3.05) is 7.05 Å². The van der Waals surface area contributed by atoms with Gasteiger partial charge in [0.25, 0.3) is 0 Å². The number of rotatable bonds is 0. The minimum atomic E-state index is -0.560. The van der Waals surface area contributed by atoms with Crippen LogP contribution in [-0.2, 0) is 0 Å². The van der Waals surface area contributed by atoms with Crippen LogP contribution < -0.4 is 0 Å². The third-order valence-corrected chi connectivity index (χ3v) is 5.37. The number of carbonyl (C=O) groups excluding carboxylic acids is 1. The summed E-state index contributed by atoms with van der Waals surface area (Å²) in [6, 6.07) is 13.9. The van der Waals surface area contributed by atoms with Crippen LogP contribution in [0, 0.1) is 0 Å². The van der Waals surface area contributed by atoms with E-state index in [1.807, 2.05) is 48.3 Å². The van der Waals surface area contributed by atoms with Crippen molar-refractivity contribution in [2.24, 2.45) is 0 Å². The Morgan fingerprint density at radius 2 is 1.38 bits per heavy atom. The summed E-state index contributed by atoms with van der Waals surface area (Å²) in [6.45, 7) is 0. The summed E-state index contributed by atoms with van der Waals surface area (Å²) >= 11 is 0. The van der Waals surface area contributed by atoms with Crippen molar-refractivity contribution in [3.8, 4) is 11.5 Å². The number of phenolic OH excluding ortho intramolecular Hbond substituents is 2. The Balaban J connectivity index is 1.96. The Labute approximate surface area is 138 Å². The van der Waals surface area contributed by atoms with E-state index in [-0.39, 0.29) is 23.3 Å². The lowest BCUT2D eigenvalue weighted by atomic mass is 9.91. The van der Waals surface area contributed by atoms with Crippen LogP contribution in [0.4, 0.5) is 0 Å². The van der Waals surface area contributed by atoms with Gasteiger partial charge in [-0.1, -0.05) is 48.5 Å². The van der Waals surface area contributed by atoms with Crippen LogP contribution in [-0.4, -0.2) is 27.9 Å². The minimum Gasteiger partial charge on any atom is -0.507 e. The molecule has 4 nitrogen and oxygen atoms in total. The van der Waals surface area contributed by atoms with E-state index in [0.717, 1.165) is 5.56 Å². The molecule has 2 bridgehead atoms. The standard InChI is InChI=1S/C20H15NO3/c1-21-16-10-6-2-3-7-11(10)20(24)17(21)15-14(16)18(22)12-8-4-5-9-13(12)19(15)23/h2-9,16-17,22-23H,1H3. The quantitative estimate of drug-likeness (QED) is 0.623. The van der Waals surface area contributed by atoms with Crippen LogP contribution in [0.1, 0.15) is 39.1 Å². The fourth-order valence-corrected chi connectivity index (χ4v) is 4.35. The highest BCUT2D eigenvalue weighted by atomic mass is 16.3. The fourth-order valence-electron chi connectivity index (χ4n) is 4.35. The summed E-state index contributed by atoms with van der Waals surface area (Å²) < 4.78 is 0. The molecule has 0 amide bonds. The molecule has 2 aliphatic heterocycles. The number of hydrogen-bond donors (Lipinski definition) is 2. The van der Waals surface area contributed by atoms with E-state index in [4.69, 9.17) is 0 Å². The number of phenols is 2. The van der Waals surface area contributed by atoms with Crippen LogP contribution in [0.5, 0.6) is 11.5 Å². The van der Waals surface area contributed by atoms with Crippen molar-refractivity contribution in [3.05, 3.63) is 70.8 Å². The summed E-state index contributed by atoms with van der Waals surface area (Å²) in [4.78, 5) is 15.0. The topological polar surface area (TPSA) is 60.8 Å². The van der Waals surface area contributed by atoms with Crippen molar-refractivity contribution >= 4 is 16.6 Å². The summed E-state index contributed by atoms with van der Waals surface area (Å²) in [5.41, 5.74) is 2.74. The lowest BCUT2D eigenvalue weighted by Gasteiger charge is -2.32. The second kappa shape index (κ2) is 4.36. The zero-order valence-electron chi connectivity index (χ0n) is 13.0. The highest BCUT2D eigenvalue weighted by Crippen LogP contribution is 2.58. The van der Waals surface area contributed by atoms with Gasteiger partial charge in [-0.2, -0.15) is 0 Å². The minimum absolute atomic E-state index is 0.0342. The Bertz CT molecular complexity index is 1040. The third kappa shape index (κ3) is 1.40. The molecule has 0 saturated heterocycles. The number of likely N-dealkylation sites (N-methyl/N-ethyl adjacent to an activating group) is 1. The predicted octanol–water partition coefficient (Wildman–Crippen LogP) is 3.52. The molecule has 24 heavy (non-hydrogen) atoms. The number of fused-ring (bicyclic) bond motifs is 8. The fraction of sp³-hybridized carbons (Fsp3) is 0.150. The van der Waals surface area contributed by atoms with Crippen molar-refractivity contribution in [3.63, 3.8) is 0 Å². The molecular formula is C20H15NO3. The van der Waals surface area contributed by atoms with E-state index in [0.29, 0.717) is 27.5 Å². The van der Waals surface area contributed by atoms with Crippen LogP contribution in [0.2, 0.25) is 0 Å². The van der Waals surface area contributed by atoms with E-state index in [1.165, 1.54) is 0 Å². The molecule has 2 N–H and O–H groups in total. The van der Waals surface area contributed by atoms with Gasteiger partial charge in [0, 0.05) is 27.5 Å². The maximum atomic E-state index is 13.0. The van der Waals surface area contributed by atoms with E-state index in [9.17, 15) is 15.0 Å². The maximum Gasteiger partial charge on any atom is 0.185 e. The molecule has 0 aliphatic carbocycles. The van der Waals surface area contributed by atoms with Crippen molar-refractivity contribution in [1.82, 2.24) is 4.90 Å². The maximum absolute atomic E-state index is 13.0. The van der Waals surface area contributed by atoms with Crippen LogP contribution >= 0.6 is 0 Å². The Morgan fingerprint density at radius 1 is 0.833 bits per heavy atom. The normalized spacial score (nSPS) is 21.8. The SMILES string of the molecule is CN1C2C(=O)c3ccccc3C1c1c2c(O)c2ccccc2c1O. The highest BCUT2D eigenvalue weighted by Gasteiger charge is 2.50. The zero-order chi connectivity index (χ0) is 16.6. The van der Waals surface area contributed by atoms with Gasteiger partial charge in [0.1, 0.15) is 17.5 Å². The van der Waals surface area contributed by atoms with Crippen LogP contribution in [0.25, 0.3) is 10.8 Å². The van der Waals surface area contributed by atoms with Gasteiger partial charge in [-0.15, -0.1) is 0 Å². The largest absolute Gasteiger partial charge is 0.507 e. The first-order chi connectivity index (χ1) is 11.6. The van der Waals surface area contributed by atoms with Crippen LogP contribution in [0.3, 0.4) is 0 Å². The number of nitrogens with zero attached hydrogens (tertiary/aromatic N) is 1.